The first-order valence-corrected chi connectivity index (χ1v) is 22.0. The van der Waals surface area contributed by atoms with E-state index in [4.69, 9.17) is 15.0 Å². The van der Waals surface area contributed by atoms with Crippen LogP contribution >= 0.6 is 0 Å². The predicted molar refractivity (Wildman–Crippen MR) is 264 cm³/mol. The molecule has 2 aromatic heterocycles. The Morgan fingerprint density at radius 1 is 0.328 bits per heavy atom. The zero-order valence-electron chi connectivity index (χ0n) is 35.6. The van der Waals surface area contributed by atoms with Gasteiger partial charge in [0.1, 0.15) is 0 Å². The van der Waals surface area contributed by atoms with Gasteiger partial charge in [0.15, 0.2) is 11.6 Å². The monoisotopic (exact) mass is 818 g/mol. The van der Waals surface area contributed by atoms with Crippen LogP contribution in [0.3, 0.4) is 0 Å². The van der Waals surface area contributed by atoms with E-state index in [9.17, 15) is 0 Å². The number of benzene rings is 9. The molecule has 0 radical (unpaired) electrons. The van der Waals surface area contributed by atoms with Gasteiger partial charge in [-0.15, -0.1) is 0 Å². The summed E-state index contributed by atoms with van der Waals surface area (Å²) in [5.41, 5.74) is 18.1. The van der Waals surface area contributed by atoms with E-state index in [1.807, 2.05) is 18.2 Å². The third-order valence-electron chi connectivity index (χ3n) is 13.1. The van der Waals surface area contributed by atoms with Crippen LogP contribution in [0.1, 0.15) is 25.0 Å². The molecule has 64 heavy (non-hydrogen) atoms. The topological polar surface area (TPSA) is 43.6 Å². The summed E-state index contributed by atoms with van der Waals surface area (Å²) in [7, 11) is 0. The number of para-hydroxylation sites is 1. The van der Waals surface area contributed by atoms with E-state index in [0.717, 1.165) is 49.8 Å². The summed E-state index contributed by atoms with van der Waals surface area (Å²) in [5, 5.41) is 2.34. The van der Waals surface area contributed by atoms with Gasteiger partial charge in [0.05, 0.1) is 11.0 Å². The van der Waals surface area contributed by atoms with Gasteiger partial charge in [0.25, 0.3) is 0 Å². The number of fused-ring (bicyclic) bond motifs is 7. The lowest BCUT2D eigenvalue weighted by molar-refractivity contribution is 0.663. The van der Waals surface area contributed by atoms with Crippen LogP contribution < -0.4 is 0 Å². The van der Waals surface area contributed by atoms with Crippen LogP contribution in [-0.4, -0.2) is 19.5 Å². The fourth-order valence-corrected chi connectivity index (χ4v) is 10.2. The Morgan fingerprint density at radius 3 is 1.41 bits per heavy atom. The fraction of sp³-hybridized carbons (Fsp3) is 0.0500. The summed E-state index contributed by atoms with van der Waals surface area (Å²) >= 11 is 0. The van der Waals surface area contributed by atoms with Crippen molar-refractivity contribution in [2.75, 3.05) is 0 Å². The summed E-state index contributed by atoms with van der Waals surface area (Å²) in [5.74, 6) is 1.81. The number of rotatable bonds is 7. The van der Waals surface area contributed by atoms with Crippen molar-refractivity contribution >= 4 is 21.8 Å². The highest BCUT2D eigenvalue weighted by atomic mass is 15.2. The van der Waals surface area contributed by atoms with E-state index in [0.29, 0.717) is 17.6 Å². The van der Waals surface area contributed by atoms with Gasteiger partial charge < -0.3 is 0 Å². The van der Waals surface area contributed by atoms with Crippen LogP contribution in [0.4, 0.5) is 0 Å². The minimum absolute atomic E-state index is 0.260. The van der Waals surface area contributed by atoms with Crippen molar-refractivity contribution in [2.24, 2.45) is 0 Å². The molecule has 0 unspecified atom stereocenters. The van der Waals surface area contributed by atoms with Gasteiger partial charge in [-0.2, -0.15) is 9.97 Å². The molecule has 0 spiro atoms. The van der Waals surface area contributed by atoms with Gasteiger partial charge in [-0.1, -0.05) is 226 Å². The maximum absolute atomic E-state index is 5.53. The fourth-order valence-electron chi connectivity index (χ4n) is 10.2. The second-order valence-corrected chi connectivity index (χ2v) is 17.1. The average Bonchev–Trinajstić information content (AvgIpc) is 3.82. The quantitative estimate of drug-likeness (QED) is 0.161. The Morgan fingerprint density at radius 2 is 0.781 bits per heavy atom. The Balaban J connectivity index is 1.09. The largest absolute Gasteiger partial charge is 0.277 e. The average molecular weight is 819 g/mol. The summed E-state index contributed by atoms with van der Waals surface area (Å²) < 4.78 is 2.30. The maximum atomic E-state index is 5.53. The second kappa shape index (κ2) is 15.0. The second-order valence-electron chi connectivity index (χ2n) is 17.1. The predicted octanol–water partition coefficient (Wildman–Crippen LogP) is 15.3. The Hall–Kier alpha value is -8.21. The molecule has 1 aliphatic carbocycles. The van der Waals surface area contributed by atoms with Crippen LogP contribution in [0.25, 0.3) is 106 Å². The Kier molecular flexibility index (Phi) is 8.80. The highest BCUT2D eigenvalue weighted by molar-refractivity contribution is 6.13. The van der Waals surface area contributed by atoms with Crippen molar-refractivity contribution in [3.63, 3.8) is 0 Å². The molecule has 0 amide bonds. The van der Waals surface area contributed by atoms with Gasteiger partial charge in [0.2, 0.25) is 5.95 Å². The molecule has 4 nitrogen and oxygen atoms in total. The Bertz CT molecular complexity index is 3580. The van der Waals surface area contributed by atoms with E-state index >= 15 is 0 Å². The van der Waals surface area contributed by atoms with Gasteiger partial charge in [-0.05, 0) is 72.8 Å². The molecule has 12 rings (SSSR count). The van der Waals surface area contributed by atoms with Crippen molar-refractivity contribution < 1.29 is 0 Å². The third-order valence-corrected chi connectivity index (χ3v) is 13.1. The zero-order valence-corrected chi connectivity index (χ0v) is 35.6. The normalized spacial score (nSPS) is 12.7. The SMILES string of the molecule is CC1(C)c2ccccc2-c2ccc3c4ccccc4n(-c4nc(-c5ccccc5)nc(-c5ccccc5-c5ccccc5-c5ccccc5-c5ccccc5-c5ccccc5)n4)c3c21. The third kappa shape index (κ3) is 5.95. The lowest BCUT2D eigenvalue weighted by Gasteiger charge is -2.23. The van der Waals surface area contributed by atoms with Crippen molar-refractivity contribution in [2.45, 2.75) is 19.3 Å². The number of hydrogen-bond donors (Lipinski definition) is 0. The number of aromatic nitrogens is 4. The van der Waals surface area contributed by atoms with Crippen molar-refractivity contribution in [1.29, 1.82) is 0 Å². The standard InChI is InChI=1S/C60H42N4/c1-60(2)53-35-19-17-32-48(53)50-37-38-51-49-33-18-20-36-54(49)64(56(51)55(50)60)59-62-57(40-23-7-4-8-24-40)61-58(63-59)52-34-16-15-31-47(52)46-30-14-13-29-45(46)44-28-12-11-27-43(44)42-26-10-9-25-41(42)39-21-5-3-6-22-39/h3-38H,1-2H3. The molecule has 0 bridgehead atoms. The Labute approximate surface area is 372 Å². The molecule has 0 saturated heterocycles. The smallest absolute Gasteiger partial charge is 0.238 e. The lowest BCUT2D eigenvalue weighted by Crippen LogP contribution is -2.17. The first-order valence-electron chi connectivity index (χ1n) is 22.0. The van der Waals surface area contributed by atoms with Crippen LogP contribution in [0, 0.1) is 0 Å². The molecule has 11 aromatic rings. The minimum atomic E-state index is -0.260. The van der Waals surface area contributed by atoms with Crippen molar-refractivity contribution in [1.82, 2.24) is 19.5 Å². The molecular weight excluding hydrogens is 777 g/mol. The van der Waals surface area contributed by atoms with Crippen LogP contribution in [0.2, 0.25) is 0 Å². The molecule has 0 aliphatic heterocycles. The van der Waals surface area contributed by atoms with Gasteiger partial charge in [-0.25, -0.2) is 4.98 Å². The first kappa shape index (κ1) is 37.5. The molecule has 9 aromatic carbocycles. The van der Waals surface area contributed by atoms with Crippen molar-refractivity contribution in [3.8, 4) is 84.4 Å². The van der Waals surface area contributed by atoms with Gasteiger partial charge in [0, 0.05) is 27.3 Å². The van der Waals surface area contributed by atoms with E-state index in [2.05, 4.69) is 219 Å². The zero-order chi connectivity index (χ0) is 42.8. The van der Waals surface area contributed by atoms with E-state index < -0.39 is 0 Å². The van der Waals surface area contributed by atoms with Crippen molar-refractivity contribution in [3.05, 3.63) is 230 Å². The van der Waals surface area contributed by atoms with Gasteiger partial charge in [-0.3, -0.25) is 4.57 Å². The molecule has 0 saturated carbocycles. The van der Waals surface area contributed by atoms with Crippen LogP contribution in [-0.2, 0) is 5.41 Å². The van der Waals surface area contributed by atoms with E-state index in [1.54, 1.807) is 0 Å². The molecule has 0 N–H and O–H groups in total. The summed E-state index contributed by atoms with van der Waals surface area (Å²) in [4.78, 5) is 16.3. The van der Waals surface area contributed by atoms with Crippen LogP contribution in [0.15, 0.2) is 218 Å². The summed E-state index contributed by atoms with van der Waals surface area (Å²) in [6, 6.07) is 77.8. The summed E-state index contributed by atoms with van der Waals surface area (Å²) in [6.45, 7) is 4.69. The first-order chi connectivity index (χ1) is 31.5. The highest BCUT2D eigenvalue weighted by Crippen LogP contribution is 2.53. The molecule has 4 heteroatoms. The number of hydrogen-bond acceptors (Lipinski definition) is 3. The van der Waals surface area contributed by atoms with Gasteiger partial charge >= 0.3 is 0 Å². The molecule has 0 fully saturated rings. The maximum Gasteiger partial charge on any atom is 0.238 e. The highest BCUT2D eigenvalue weighted by Gasteiger charge is 2.38. The molecule has 0 atom stereocenters. The molecule has 302 valence electrons. The molecule has 2 heterocycles. The number of nitrogens with zero attached hydrogens (tertiary/aromatic N) is 4. The van der Waals surface area contributed by atoms with E-state index in [-0.39, 0.29) is 5.41 Å². The van der Waals surface area contributed by atoms with E-state index in [1.165, 1.54) is 49.9 Å². The molecule has 1 aliphatic rings. The molecular formula is C60H42N4. The van der Waals surface area contributed by atoms with Crippen LogP contribution in [0.5, 0.6) is 0 Å². The summed E-state index contributed by atoms with van der Waals surface area (Å²) in [6.07, 6.45) is 0. The lowest BCUT2D eigenvalue weighted by atomic mass is 9.81. The minimum Gasteiger partial charge on any atom is -0.277 e.